The molecule has 0 spiro atoms. The van der Waals surface area contributed by atoms with Crippen LogP contribution in [0, 0.1) is 11.3 Å². The number of hydrogen-bond acceptors (Lipinski definition) is 2. The molecule has 0 amide bonds. The van der Waals surface area contributed by atoms with Crippen molar-refractivity contribution < 1.29 is 0 Å². The highest BCUT2D eigenvalue weighted by atomic mass is 33.1. The second-order valence-electron chi connectivity index (χ2n) is 4.02. The Morgan fingerprint density at radius 1 is 1.46 bits per heavy atom. The van der Waals surface area contributed by atoms with Gasteiger partial charge in [-0.1, -0.05) is 54.9 Å². The van der Waals surface area contributed by atoms with Crippen molar-refractivity contribution in [2.45, 2.75) is 40.5 Å². The number of rotatable bonds is 3. The van der Waals surface area contributed by atoms with E-state index in [0.717, 1.165) is 5.92 Å². The van der Waals surface area contributed by atoms with Crippen LogP contribution < -0.4 is 0 Å². The van der Waals surface area contributed by atoms with Gasteiger partial charge in [-0.25, -0.2) is 0 Å². The molecule has 0 aromatic heterocycles. The van der Waals surface area contributed by atoms with E-state index in [-0.39, 0.29) is 0 Å². The highest BCUT2D eigenvalue weighted by Crippen LogP contribution is 2.50. The van der Waals surface area contributed by atoms with E-state index >= 15 is 0 Å². The van der Waals surface area contributed by atoms with E-state index in [0.29, 0.717) is 5.41 Å². The molecule has 1 atom stereocenters. The summed E-state index contributed by atoms with van der Waals surface area (Å²) in [6.45, 7) is 9.35. The lowest BCUT2D eigenvalue weighted by Gasteiger charge is -2.41. The fraction of sp³-hybridized carbons (Fsp3) is 0.818. The Morgan fingerprint density at radius 2 is 2.15 bits per heavy atom. The Bertz CT molecular complexity index is 196. The molecule has 0 saturated heterocycles. The summed E-state index contributed by atoms with van der Waals surface area (Å²) in [4.78, 5) is 0. The monoisotopic (exact) mass is 216 g/mol. The quantitative estimate of drug-likeness (QED) is 0.626. The summed E-state index contributed by atoms with van der Waals surface area (Å²) in [6.07, 6.45) is 2.51. The van der Waals surface area contributed by atoms with E-state index in [1.807, 2.05) is 21.6 Å². The van der Waals surface area contributed by atoms with Gasteiger partial charge in [0.1, 0.15) is 0 Å². The van der Waals surface area contributed by atoms with Gasteiger partial charge in [0.15, 0.2) is 0 Å². The molecule has 1 rings (SSSR count). The molecule has 1 aliphatic heterocycles. The Labute approximate surface area is 90.3 Å². The normalized spacial score (nSPS) is 29.2. The van der Waals surface area contributed by atoms with Crippen LogP contribution in [0.2, 0.25) is 0 Å². The van der Waals surface area contributed by atoms with Crippen LogP contribution in [-0.4, -0.2) is 5.75 Å². The number of hydrogen-bond donors (Lipinski definition) is 0. The Morgan fingerprint density at radius 3 is 2.54 bits per heavy atom. The molecule has 0 N–H and O–H groups in total. The summed E-state index contributed by atoms with van der Waals surface area (Å²) in [6, 6.07) is 0. The molecule has 0 bridgehead atoms. The van der Waals surface area contributed by atoms with E-state index in [1.165, 1.54) is 18.6 Å². The highest BCUT2D eigenvalue weighted by Gasteiger charge is 2.36. The van der Waals surface area contributed by atoms with Crippen LogP contribution in [0.5, 0.6) is 0 Å². The summed E-state index contributed by atoms with van der Waals surface area (Å²) in [5.74, 6) is 2.07. The Balaban J connectivity index is 2.94. The molecule has 0 saturated carbocycles. The molecule has 0 aromatic rings. The van der Waals surface area contributed by atoms with Gasteiger partial charge in [-0.15, -0.1) is 0 Å². The first-order valence-electron chi connectivity index (χ1n) is 5.15. The summed E-state index contributed by atoms with van der Waals surface area (Å²) >= 11 is 0. The fourth-order valence-electron chi connectivity index (χ4n) is 2.15. The maximum atomic E-state index is 2.39. The molecule has 0 nitrogen and oxygen atoms in total. The van der Waals surface area contributed by atoms with Crippen LogP contribution in [0.4, 0.5) is 0 Å². The van der Waals surface area contributed by atoms with Crippen LogP contribution in [0.1, 0.15) is 40.5 Å². The lowest BCUT2D eigenvalue weighted by Crippen LogP contribution is -2.32. The van der Waals surface area contributed by atoms with Crippen molar-refractivity contribution in [1.29, 1.82) is 0 Å². The van der Waals surface area contributed by atoms with Crippen molar-refractivity contribution in [1.82, 2.24) is 0 Å². The smallest absolute Gasteiger partial charge is 0.0137 e. The average Bonchev–Trinajstić information content (AvgIpc) is 2.17. The first-order chi connectivity index (χ1) is 6.17. The molecule has 1 aliphatic rings. The van der Waals surface area contributed by atoms with Gasteiger partial charge in [0.25, 0.3) is 0 Å². The summed E-state index contributed by atoms with van der Waals surface area (Å²) < 4.78 is 0. The molecule has 2 heteroatoms. The summed E-state index contributed by atoms with van der Waals surface area (Å²) in [7, 11) is 3.93. The van der Waals surface area contributed by atoms with Gasteiger partial charge < -0.3 is 0 Å². The van der Waals surface area contributed by atoms with E-state index in [2.05, 4.69) is 33.1 Å². The van der Waals surface area contributed by atoms with Crippen LogP contribution in [0.15, 0.2) is 11.0 Å². The third-order valence-electron chi connectivity index (χ3n) is 3.33. The second kappa shape index (κ2) is 4.79. The molecule has 13 heavy (non-hydrogen) atoms. The fourth-order valence-corrected chi connectivity index (χ4v) is 5.13. The largest absolute Gasteiger partial charge is 0.0886 e. The van der Waals surface area contributed by atoms with Gasteiger partial charge in [0.2, 0.25) is 0 Å². The Hall–Kier alpha value is 0.440. The highest BCUT2D eigenvalue weighted by molar-refractivity contribution is 8.77. The molecular weight excluding hydrogens is 196 g/mol. The first-order valence-corrected chi connectivity index (χ1v) is 7.53. The Kier molecular flexibility index (Phi) is 4.24. The van der Waals surface area contributed by atoms with Crippen LogP contribution in [0.3, 0.4) is 0 Å². The molecule has 1 unspecified atom stereocenters. The predicted octanol–water partition coefficient (Wildman–Crippen LogP) is 4.73. The molecule has 0 aliphatic carbocycles. The van der Waals surface area contributed by atoms with Gasteiger partial charge in [-0.2, -0.15) is 0 Å². The summed E-state index contributed by atoms with van der Waals surface area (Å²) in [5.41, 5.74) is 2.17. The van der Waals surface area contributed by atoms with E-state index in [4.69, 9.17) is 0 Å². The predicted molar refractivity (Wildman–Crippen MR) is 66.0 cm³/mol. The van der Waals surface area contributed by atoms with E-state index in [9.17, 15) is 0 Å². The molecule has 0 radical (unpaired) electrons. The SMILES string of the molecule is CCC1=CSSCC1(CC)C(C)C. The van der Waals surface area contributed by atoms with Crippen molar-refractivity contribution in [2.24, 2.45) is 11.3 Å². The van der Waals surface area contributed by atoms with Gasteiger partial charge in [-0.3, -0.25) is 0 Å². The van der Waals surface area contributed by atoms with Crippen molar-refractivity contribution >= 4 is 21.6 Å². The molecule has 0 fully saturated rings. The van der Waals surface area contributed by atoms with Gasteiger partial charge in [-0.05, 0) is 24.2 Å². The average molecular weight is 216 g/mol. The summed E-state index contributed by atoms with van der Waals surface area (Å²) in [5, 5.41) is 2.39. The first kappa shape index (κ1) is 11.5. The minimum atomic E-state index is 0.491. The molecule has 1 heterocycles. The lowest BCUT2D eigenvalue weighted by molar-refractivity contribution is 0.267. The van der Waals surface area contributed by atoms with Crippen LogP contribution in [0.25, 0.3) is 0 Å². The standard InChI is InChI=1S/C11H20S2/c1-5-10-7-12-13-8-11(10,6-2)9(3)4/h7,9H,5-6,8H2,1-4H3. The minimum Gasteiger partial charge on any atom is -0.0886 e. The van der Waals surface area contributed by atoms with Crippen molar-refractivity contribution in [3.63, 3.8) is 0 Å². The third kappa shape index (κ3) is 2.10. The van der Waals surface area contributed by atoms with E-state index in [1.54, 1.807) is 5.57 Å². The van der Waals surface area contributed by atoms with Crippen LogP contribution in [-0.2, 0) is 0 Å². The zero-order valence-corrected chi connectivity index (χ0v) is 10.7. The van der Waals surface area contributed by atoms with E-state index < -0.39 is 0 Å². The molecular formula is C11H20S2. The van der Waals surface area contributed by atoms with Crippen molar-refractivity contribution in [3.8, 4) is 0 Å². The molecule has 0 aromatic carbocycles. The zero-order chi connectivity index (χ0) is 9.90. The number of allylic oxidation sites excluding steroid dienone is 1. The third-order valence-corrected chi connectivity index (χ3v) is 5.53. The molecule has 76 valence electrons. The van der Waals surface area contributed by atoms with Gasteiger partial charge in [0, 0.05) is 11.2 Å². The lowest BCUT2D eigenvalue weighted by atomic mass is 9.70. The van der Waals surface area contributed by atoms with Gasteiger partial charge in [0.05, 0.1) is 0 Å². The van der Waals surface area contributed by atoms with Crippen molar-refractivity contribution in [3.05, 3.63) is 11.0 Å². The maximum absolute atomic E-state index is 2.39. The maximum Gasteiger partial charge on any atom is 0.0137 e. The van der Waals surface area contributed by atoms with Crippen molar-refractivity contribution in [2.75, 3.05) is 5.75 Å². The topological polar surface area (TPSA) is 0 Å². The van der Waals surface area contributed by atoms with Crippen LogP contribution >= 0.6 is 21.6 Å². The zero-order valence-electron chi connectivity index (χ0n) is 9.09. The minimum absolute atomic E-state index is 0.491. The van der Waals surface area contributed by atoms with Gasteiger partial charge >= 0.3 is 0 Å². The second-order valence-corrected chi connectivity index (χ2v) is 6.26.